The summed E-state index contributed by atoms with van der Waals surface area (Å²) in [7, 11) is 3.71. The Hall–Kier alpha value is -1.63. The molecule has 1 aliphatic heterocycles. The summed E-state index contributed by atoms with van der Waals surface area (Å²) in [5, 5.41) is 11.8. The number of methoxy groups -OCH3 is 1. The fourth-order valence-corrected chi connectivity index (χ4v) is 2.80. The van der Waals surface area contributed by atoms with Gasteiger partial charge in [-0.3, -0.25) is 0 Å². The van der Waals surface area contributed by atoms with Gasteiger partial charge in [0, 0.05) is 40.4 Å². The third kappa shape index (κ3) is 5.20. The van der Waals surface area contributed by atoms with Crippen molar-refractivity contribution in [2.75, 3.05) is 33.4 Å². The average Bonchev–Trinajstić information content (AvgIpc) is 2.86. The van der Waals surface area contributed by atoms with Crippen LogP contribution in [0.1, 0.15) is 37.8 Å². The Morgan fingerprint density at radius 2 is 2.26 bits per heavy atom. The SMILES string of the molecule is COCCCNC(=NCc1nnc(C)n1C)N1CCCC(C)C1. The summed E-state index contributed by atoms with van der Waals surface area (Å²) in [4.78, 5) is 7.16. The van der Waals surface area contributed by atoms with Gasteiger partial charge in [-0.2, -0.15) is 0 Å². The van der Waals surface area contributed by atoms with Crippen molar-refractivity contribution in [3.8, 4) is 0 Å². The molecule has 1 aromatic rings. The van der Waals surface area contributed by atoms with Crippen LogP contribution in [0.2, 0.25) is 0 Å². The first-order valence-corrected chi connectivity index (χ1v) is 8.49. The van der Waals surface area contributed by atoms with Crippen molar-refractivity contribution in [1.29, 1.82) is 0 Å². The number of piperidine rings is 1. The number of hydrogen-bond acceptors (Lipinski definition) is 4. The smallest absolute Gasteiger partial charge is 0.194 e. The van der Waals surface area contributed by atoms with E-state index in [9.17, 15) is 0 Å². The van der Waals surface area contributed by atoms with Crippen LogP contribution >= 0.6 is 0 Å². The van der Waals surface area contributed by atoms with Crippen LogP contribution in [-0.4, -0.2) is 59.0 Å². The largest absolute Gasteiger partial charge is 0.385 e. The topological polar surface area (TPSA) is 67.6 Å². The van der Waals surface area contributed by atoms with Crippen LogP contribution in [0.4, 0.5) is 0 Å². The molecule has 7 nitrogen and oxygen atoms in total. The van der Waals surface area contributed by atoms with Gasteiger partial charge in [-0.1, -0.05) is 6.92 Å². The lowest BCUT2D eigenvalue weighted by Crippen LogP contribution is -2.46. The van der Waals surface area contributed by atoms with Crippen molar-refractivity contribution < 1.29 is 4.74 Å². The van der Waals surface area contributed by atoms with E-state index in [1.54, 1.807) is 7.11 Å². The van der Waals surface area contributed by atoms with Crippen molar-refractivity contribution in [2.24, 2.45) is 18.0 Å². The van der Waals surface area contributed by atoms with Crippen LogP contribution in [0.3, 0.4) is 0 Å². The molecule has 2 heterocycles. The predicted molar refractivity (Wildman–Crippen MR) is 91.3 cm³/mol. The first kappa shape index (κ1) is 17.7. The highest BCUT2D eigenvalue weighted by atomic mass is 16.5. The summed E-state index contributed by atoms with van der Waals surface area (Å²) in [6.07, 6.45) is 3.50. The van der Waals surface area contributed by atoms with Gasteiger partial charge in [-0.15, -0.1) is 10.2 Å². The molecule has 0 saturated carbocycles. The van der Waals surface area contributed by atoms with Crippen LogP contribution in [0.15, 0.2) is 4.99 Å². The summed E-state index contributed by atoms with van der Waals surface area (Å²) in [5.74, 6) is 3.50. The van der Waals surface area contributed by atoms with Gasteiger partial charge in [0.15, 0.2) is 11.8 Å². The molecule has 0 aliphatic carbocycles. The number of aryl methyl sites for hydroxylation is 1. The van der Waals surface area contributed by atoms with Gasteiger partial charge in [0.25, 0.3) is 0 Å². The van der Waals surface area contributed by atoms with Crippen molar-refractivity contribution in [1.82, 2.24) is 25.0 Å². The van der Waals surface area contributed by atoms with Gasteiger partial charge < -0.3 is 19.5 Å². The highest BCUT2D eigenvalue weighted by Crippen LogP contribution is 2.15. The Bertz CT molecular complexity index is 513. The molecule has 2 rings (SSSR count). The summed E-state index contributed by atoms with van der Waals surface area (Å²) < 4.78 is 7.11. The second-order valence-electron chi connectivity index (χ2n) is 6.33. The van der Waals surface area contributed by atoms with E-state index in [2.05, 4.69) is 27.3 Å². The van der Waals surface area contributed by atoms with Gasteiger partial charge in [-0.05, 0) is 32.1 Å². The van der Waals surface area contributed by atoms with Crippen molar-refractivity contribution in [3.63, 3.8) is 0 Å². The number of guanidine groups is 1. The molecule has 0 amide bonds. The molecule has 0 bridgehead atoms. The van der Waals surface area contributed by atoms with Gasteiger partial charge in [-0.25, -0.2) is 4.99 Å². The molecule has 130 valence electrons. The lowest BCUT2D eigenvalue weighted by atomic mass is 10.0. The van der Waals surface area contributed by atoms with E-state index >= 15 is 0 Å². The number of likely N-dealkylation sites (tertiary alicyclic amines) is 1. The van der Waals surface area contributed by atoms with Gasteiger partial charge in [0.05, 0.1) is 0 Å². The van der Waals surface area contributed by atoms with Crippen LogP contribution in [0.5, 0.6) is 0 Å². The summed E-state index contributed by atoms with van der Waals surface area (Å²) >= 11 is 0. The average molecular weight is 322 g/mol. The minimum Gasteiger partial charge on any atom is -0.385 e. The van der Waals surface area contributed by atoms with Crippen molar-refractivity contribution >= 4 is 5.96 Å². The maximum atomic E-state index is 5.12. The Morgan fingerprint density at radius 1 is 1.43 bits per heavy atom. The fraction of sp³-hybridized carbons (Fsp3) is 0.812. The van der Waals surface area contributed by atoms with E-state index in [1.165, 1.54) is 12.8 Å². The molecule has 0 aromatic carbocycles. The third-order valence-electron chi connectivity index (χ3n) is 4.32. The van der Waals surface area contributed by atoms with E-state index in [-0.39, 0.29) is 0 Å². The standard InChI is InChI=1S/C16H30N6O/c1-13-7-5-9-22(12-13)16(17-8-6-10-23-4)18-11-15-20-19-14(2)21(15)3/h13H,5-12H2,1-4H3,(H,17,18). The highest BCUT2D eigenvalue weighted by Gasteiger charge is 2.19. The molecule has 1 fully saturated rings. The monoisotopic (exact) mass is 322 g/mol. The van der Waals surface area contributed by atoms with E-state index in [1.807, 2.05) is 18.5 Å². The number of aromatic nitrogens is 3. The van der Waals surface area contributed by atoms with Crippen LogP contribution in [0.25, 0.3) is 0 Å². The Morgan fingerprint density at radius 3 is 2.91 bits per heavy atom. The van der Waals surface area contributed by atoms with E-state index < -0.39 is 0 Å². The zero-order valence-electron chi connectivity index (χ0n) is 14.9. The second-order valence-corrected chi connectivity index (χ2v) is 6.33. The fourth-order valence-electron chi connectivity index (χ4n) is 2.80. The zero-order chi connectivity index (χ0) is 16.7. The quantitative estimate of drug-likeness (QED) is 0.486. The molecule has 1 aliphatic rings. The lowest BCUT2D eigenvalue weighted by molar-refractivity contribution is 0.195. The van der Waals surface area contributed by atoms with E-state index in [0.29, 0.717) is 12.5 Å². The third-order valence-corrected chi connectivity index (χ3v) is 4.32. The zero-order valence-corrected chi connectivity index (χ0v) is 14.9. The molecule has 1 atom stereocenters. The predicted octanol–water partition coefficient (Wildman–Crippen LogP) is 1.34. The van der Waals surface area contributed by atoms with Gasteiger partial charge >= 0.3 is 0 Å². The Labute approximate surface area is 139 Å². The summed E-state index contributed by atoms with van der Waals surface area (Å²) in [6.45, 7) is 8.58. The summed E-state index contributed by atoms with van der Waals surface area (Å²) in [5.41, 5.74) is 0. The van der Waals surface area contributed by atoms with Crippen LogP contribution < -0.4 is 5.32 Å². The molecule has 1 unspecified atom stereocenters. The second kappa shape index (κ2) is 8.86. The van der Waals surface area contributed by atoms with Crippen LogP contribution in [0, 0.1) is 12.8 Å². The lowest BCUT2D eigenvalue weighted by Gasteiger charge is -2.33. The van der Waals surface area contributed by atoms with E-state index in [0.717, 1.165) is 50.3 Å². The minimum atomic E-state index is 0.550. The molecule has 0 spiro atoms. The number of rotatable bonds is 6. The molecular weight excluding hydrogens is 292 g/mol. The Kier molecular flexibility index (Phi) is 6.83. The normalized spacial score (nSPS) is 19.2. The van der Waals surface area contributed by atoms with Crippen LogP contribution in [-0.2, 0) is 18.3 Å². The van der Waals surface area contributed by atoms with Crippen molar-refractivity contribution in [2.45, 2.75) is 39.7 Å². The van der Waals surface area contributed by atoms with Gasteiger partial charge in [0.1, 0.15) is 12.4 Å². The number of nitrogens with zero attached hydrogens (tertiary/aromatic N) is 5. The molecule has 7 heteroatoms. The van der Waals surface area contributed by atoms with Crippen molar-refractivity contribution in [3.05, 3.63) is 11.6 Å². The van der Waals surface area contributed by atoms with Gasteiger partial charge in [0.2, 0.25) is 0 Å². The first-order chi connectivity index (χ1) is 11.1. The summed E-state index contributed by atoms with van der Waals surface area (Å²) in [6, 6.07) is 0. The molecule has 1 saturated heterocycles. The number of aliphatic imine (C=N–C) groups is 1. The number of ether oxygens (including phenoxy) is 1. The molecule has 0 radical (unpaired) electrons. The molecular formula is C16H30N6O. The molecule has 1 N–H and O–H groups in total. The van der Waals surface area contributed by atoms with E-state index in [4.69, 9.17) is 9.73 Å². The maximum Gasteiger partial charge on any atom is 0.194 e. The Balaban J connectivity index is 2.01. The number of nitrogens with one attached hydrogen (secondary N) is 1. The highest BCUT2D eigenvalue weighted by molar-refractivity contribution is 5.80. The minimum absolute atomic E-state index is 0.550. The maximum absolute atomic E-state index is 5.12. The molecule has 1 aromatic heterocycles. The molecule has 23 heavy (non-hydrogen) atoms. The first-order valence-electron chi connectivity index (χ1n) is 8.49. The number of hydrogen-bond donors (Lipinski definition) is 1.